The van der Waals surface area contributed by atoms with Crippen LogP contribution in [0.5, 0.6) is 11.6 Å². The first-order valence-electron chi connectivity index (χ1n) is 9.31. The van der Waals surface area contributed by atoms with E-state index in [4.69, 9.17) is 4.74 Å². The predicted octanol–water partition coefficient (Wildman–Crippen LogP) is 5.86. The summed E-state index contributed by atoms with van der Waals surface area (Å²) in [5.41, 5.74) is 2.28. The van der Waals surface area contributed by atoms with Crippen molar-refractivity contribution < 1.29 is 13.9 Å². The fraction of sp³-hybridized carbons (Fsp3) is 0. The molecule has 4 nitrogen and oxygen atoms in total. The molecule has 1 heterocycles. The second-order valence-corrected chi connectivity index (χ2v) is 6.46. The number of hydrogen-bond acceptors (Lipinski definition) is 4. The molecule has 5 heteroatoms. The van der Waals surface area contributed by atoms with Crippen LogP contribution in [0.4, 0.5) is 4.39 Å². The number of nitrogens with zero attached hydrogens (tertiary/aromatic N) is 2. The summed E-state index contributed by atoms with van der Waals surface area (Å²) in [5.74, 6) is 0.518. The Kier molecular flexibility index (Phi) is 5.71. The topological polar surface area (TPSA) is 52.1 Å². The van der Waals surface area contributed by atoms with Crippen LogP contribution < -0.4 is 4.74 Å². The second kappa shape index (κ2) is 8.92. The molecule has 0 saturated heterocycles. The van der Waals surface area contributed by atoms with E-state index >= 15 is 0 Å². The zero-order chi connectivity index (χ0) is 20.8. The highest BCUT2D eigenvalue weighted by atomic mass is 19.1. The van der Waals surface area contributed by atoms with Gasteiger partial charge in [0.2, 0.25) is 5.88 Å². The smallest absolute Gasteiger partial charge is 0.230 e. The van der Waals surface area contributed by atoms with Crippen molar-refractivity contribution in [3.63, 3.8) is 0 Å². The molecule has 0 N–H and O–H groups in total. The molecule has 0 aliphatic carbocycles. The molecule has 0 atom stereocenters. The molecule has 0 unspecified atom stereocenters. The Morgan fingerprint density at radius 3 is 2.43 bits per heavy atom. The summed E-state index contributed by atoms with van der Waals surface area (Å²) in [4.78, 5) is 20.7. The molecule has 0 spiro atoms. The van der Waals surface area contributed by atoms with E-state index in [9.17, 15) is 9.18 Å². The molecular weight excluding hydrogens is 379 g/mol. The van der Waals surface area contributed by atoms with Crippen molar-refractivity contribution in [1.29, 1.82) is 0 Å². The fourth-order valence-corrected chi connectivity index (χ4v) is 2.86. The number of para-hydroxylation sites is 2. The second-order valence-electron chi connectivity index (χ2n) is 6.46. The van der Waals surface area contributed by atoms with E-state index in [0.29, 0.717) is 11.6 Å². The van der Waals surface area contributed by atoms with E-state index in [1.807, 2.05) is 48.5 Å². The van der Waals surface area contributed by atoms with Crippen LogP contribution in [-0.2, 0) is 4.79 Å². The minimum absolute atomic E-state index is 0.193. The molecule has 0 amide bonds. The Morgan fingerprint density at radius 1 is 0.833 bits per heavy atom. The summed E-state index contributed by atoms with van der Waals surface area (Å²) in [5, 5.41) is 0.803. The quantitative estimate of drug-likeness (QED) is 0.383. The minimum atomic E-state index is -0.313. The van der Waals surface area contributed by atoms with Crippen LogP contribution in [0.1, 0.15) is 11.1 Å². The maximum Gasteiger partial charge on any atom is 0.230 e. The summed E-state index contributed by atoms with van der Waals surface area (Å²) in [6.45, 7) is 0. The third-order valence-electron chi connectivity index (χ3n) is 4.37. The first kappa shape index (κ1) is 19.2. The van der Waals surface area contributed by atoms with Gasteiger partial charge in [-0.25, -0.2) is 14.4 Å². The molecule has 4 rings (SSSR count). The first-order chi connectivity index (χ1) is 14.7. The number of ketones is 1. The third-order valence-corrected chi connectivity index (χ3v) is 4.37. The summed E-state index contributed by atoms with van der Waals surface area (Å²) in [6, 6.07) is 20.9. The Bertz CT molecular complexity index is 1240. The maximum absolute atomic E-state index is 13.0. The highest BCUT2D eigenvalue weighted by Gasteiger charge is 2.08. The van der Waals surface area contributed by atoms with Gasteiger partial charge in [-0.05, 0) is 54.1 Å². The molecule has 3 aromatic carbocycles. The predicted molar refractivity (Wildman–Crippen MR) is 116 cm³/mol. The van der Waals surface area contributed by atoms with Gasteiger partial charge >= 0.3 is 0 Å². The molecule has 0 bridgehead atoms. The Labute approximate surface area is 173 Å². The number of halogens is 1. The van der Waals surface area contributed by atoms with Gasteiger partial charge in [0.05, 0.1) is 10.9 Å². The van der Waals surface area contributed by atoms with Crippen molar-refractivity contribution in [2.24, 2.45) is 0 Å². The van der Waals surface area contributed by atoms with Gasteiger partial charge in [-0.15, -0.1) is 0 Å². The lowest BCUT2D eigenvalue weighted by Crippen LogP contribution is -1.93. The van der Waals surface area contributed by atoms with Gasteiger partial charge < -0.3 is 4.74 Å². The number of allylic oxidation sites excluding steroid dienone is 2. The SMILES string of the molecule is O=C(C=Cc1ccc(F)cc1)C=Cc1ccccc1Oc1ncnc2ccccc12. The van der Waals surface area contributed by atoms with E-state index in [1.165, 1.54) is 30.6 Å². The average molecular weight is 396 g/mol. The van der Waals surface area contributed by atoms with Crippen molar-refractivity contribution in [1.82, 2.24) is 9.97 Å². The highest BCUT2D eigenvalue weighted by molar-refractivity contribution is 6.04. The van der Waals surface area contributed by atoms with Crippen LogP contribution in [-0.4, -0.2) is 15.8 Å². The molecular formula is C25H17FN2O2. The van der Waals surface area contributed by atoms with E-state index in [2.05, 4.69) is 9.97 Å². The van der Waals surface area contributed by atoms with E-state index in [1.54, 1.807) is 24.3 Å². The van der Waals surface area contributed by atoms with Crippen molar-refractivity contribution in [2.45, 2.75) is 0 Å². The lowest BCUT2D eigenvalue weighted by molar-refractivity contribution is -0.110. The van der Waals surface area contributed by atoms with Crippen molar-refractivity contribution in [3.8, 4) is 11.6 Å². The number of carbonyl (C=O) groups is 1. The van der Waals surface area contributed by atoms with Crippen LogP contribution in [0, 0.1) is 5.82 Å². The number of carbonyl (C=O) groups excluding carboxylic acids is 1. The lowest BCUT2D eigenvalue weighted by Gasteiger charge is -2.09. The summed E-state index contributed by atoms with van der Waals surface area (Å²) in [7, 11) is 0. The van der Waals surface area contributed by atoms with Gasteiger partial charge in [0.25, 0.3) is 0 Å². The van der Waals surface area contributed by atoms with Crippen LogP contribution in [0.3, 0.4) is 0 Å². The van der Waals surface area contributed by atoms with Gasteiger partial charge in [-0.2, -0.15) is 0 Å². The molecule has 0 fully saturated rings. The van der Waals surface area contributed by atoms with Gasteiger partial charge in [-0.1, -0.05) is 48.5 Å². The molecule has 30 heavy (non-hydrogen) atoms. The maximum atomic E-state index is 13.0. The Morgan fingerprint density at radius 2 is 1.57 bits per heavy atom. The Hall–Kier alpha value is -4.12. The van der Waals surface area contributed by atoms with Crippen molar-refractivity contribution in [2.75, 3.05) is 0 Å². The number of hydrogen-bond donors (Lipinski definition) is 0. The number of fused-ring (bicyclic) bond motifs is 1. The standard InChI is InChI=1S/C25H17FN2O2/c26-20-13-9-18(10-14-20)11-15-21(29)16-12-19-5-1-4-8-24(19)30-25-22-6-2-3-7-23(22)27-17-28-25/h1-17H. The number of ether oxygens (including phenoxy) is 1. The van der Waals surface area contributed by atoms with E-state index < -0.39 is 0 Å². The fourth-order valence-electron chi connectivity index (χ4n) is 2.86. The number of aromatic nitrogens is 2. The summed E-state index contributed by atoms with van der Waals surface area (Å²) >= 11 is 0. The van der Waals surface area contributed by atoms with Gasteiger partial charge in [0, 0.05) is 5.56 Å². The monoisotopic (exact) mass is 396 g/mol. The summed E-state index contributed by atoms with van der Waals surface area (Å²) in [6.07, 6.45) is 7.68. The average Bonchev–Trinajstić information content (AvgIpc) is 2.78. The van der Waals surface area contributed by atoms with Crippen LogP contribution in [0.2, 0.25) is 0 Å². The minimum Gasteiger partial charge on any atom is -0.438 e. The molecule has 0 radical (unpaired) electrons. The van der Waals surface area contributed by atoms with E-state index in [0.717, 1.165) is 22.0 Å². The van der Waals surface area contributed by atoms with E-state index in [-0.39, 0.29) is 11.6 Å². The van der Waals surface area contributed by atoms with Crippen molar-refractivity contribution >= 4 is 28.8 Å². The summed E-state index contributed by atoms with van der Waals surface area (Å²) < 4.78 is 19.0. The zero-order valence-electron chi connectivity index (χ0n) is 15.9. The highest BCUT2D eigenvalue weighted by Crippen LogP contribution is 2.29. The molecule has 0 saturated carbocycles. The van der Waals surface area contributed by atoms with Crippen LogP contribution >= 0.6 is 0 Å². The van der Waals surface area contributed by atoms with Gasteiger partial charge in [0.1, 0.15) is 17.9 Å². The number of benzene rings is 3. The third kappa shape index (κ3) is 4.64. The number of rotatable bonds is 6. The van der Waals surface area contributed by atoms with Gasteiger partial charge in [-0.3, -0.25) is 4.79 Å². The molecule has 0 aliphatic rings. The molecule has 4 aromatic rings. The zero-order valence-corrected chi connectivity index (χ0v) is 15.9. The van der Waals surface area contributed by atoms with Gasteiger partial charge in [0.15, 0.2) is 5.78 Å². The van der Waals surface area contributed by atoms with Crippen LogP contribution in [0.15, 0.2) is 91.3 Å². The lowest BCUT2D eigenvalue weighted by atomic mass is 10.1. The molecule has 146 valence electrons. The van der Waals surface area contributed by atoms with Crippen LogP contribution in [0.25, 0.3) is 23.1 Å². The first-order valence-corrected chi connectivity index (χ1v) is 9.31. The molecule has 1 aromatic heterocycles. The normalized spacial score (nSPS) is 11.4. The largest absolute Gasteiger partial charge is 0.438 e. The Balaban J connectivity index is 1.53. The van der Waals surface area contributed by atoms with Crippen molar-refractivity contribution in [3.05, 3.63) is 108 Å². The molecule has 0 aliphatic heterocycles.